The predicted octanol–water partition coefficient (Wildman–Crippen LogP) is 2.02. The molecule has 0 saturated carbocycles. The molecular weight excluding hydrogens is 344 g/mol. The van der Waals surface area contributed by atoms with Crippen molar-refractivity contribution in [2.24, 2.45) is 11.8 Å². The van der Waals surface area contributed by atoms with Crippen molar-refractivity contribution in [2.45, 2.75) is 44.2 Å². The van der Waals surface area contributed by atoms with Gasteiger partial charge in [0.05, 0.1) is 13.7 Å². The lowest BCUT2D eigenvalue weighted by molar-refractivity contribution is -0.155. The smallest absolute Gasteiger partial charge is 0.317 e. The van der Waals surface area contributed by atoms with Gasteiger partial charge in [-0.1, -0.05) is 12.1 Å². The van der Waals surface area contributed by atoms with Crippen LogP contribution < -0.4 is 4.74 Å². The number of nitrogens with zero attached hydrogens (tertiary/aromatic N) is 2. The number of carbonyl (C=O) groups is 2. The van der Waals surface area contributed by atoms with Crippen LogP contribution in [0.3, 0.4) is 0 Å². The summed E-state index contributed by atoms with van der Waals surface area (Å²) in [6.45, 7) is 1.65. The Morgan fingerprint density at radius 1 is 1.30 bits per heavy atom. The first-order valence-corrected chi connectivity index (χ1v) is 9.93. The molecule has 0 spiro atoms. The minimum Gasteiger partial charge on any atom is -0.497 e. The minimum absolute atomic E-state index is 0.0968. The highest BCUT2D eigenvalue weighted by atomic mass is 16.5. The summed E-state index contributed by atoms with van der Waals surface area (Å²) >= 11 is 0. The van der Waals surface area contributed by atoms with Crippen LogP contribution in [-0.2, 0) is 16.0 Å². The predicted molar refractivity (Wildman–Crippen MR) is 101 cm³/mol. The fourth-order valence-electron chi connectivity index (χ4n) is 5.50. The maximum absolute atomic E-state index is 12.8. The molecule has 1 aromatic rings. The first-order chi connectivity index (χ1) is 13.0. The van der Waals surface area contributed by atoms with Crippen LogP contribution >= 0.6 is 0 Å². The molecule has 6 heteroatoms. The number of carboxylic acids is 1. The number of rotatable bonds is 5. The third kappa shape index (κ3) is 3.68. The highest BCUT2D eigenvalue weighted by molar-refractivity contribution is 5.78. The number of methoxy groups -OCH3 is 1. The van der Waals surface area contributed by atoms with Gasteiger partial charge in [-0.2, -0.15) is 0 Å². The number of carboxylic acid groups (broad SMARTS) is 1. The molecule has 0 aliphatic carbocycles. The van der Waals surface area contributed by atoms with Crippen molar-refractivity contribution in [3.05, 3.63) is 29.8 Å². The maximum Gasteiger partial charge on any atom is 0.317 e. The topological polar surface area (TPSA) is 70.1 Å². The van der Waals surface area contributed by atoms with E-state index in [0.29, 0.717) is 18.3 Å². The van der Waals surface area contributed by atoms with Gasteiger partial charge in [0.15, 0.2) is 0 Å². The number of carbonyl (C=O) groups excluding carboxylic acids is 1. The molecule has 3 saturated heterocycles. The van der Waals surface area contributed by atoms with Gasteiger partial charge in [-0.15, -0.1) is 0 Å². The molecule has 3 aliphatic rings. The standard InChI is InChI=1S/C21H28N2O4/c1-27-17-5-2-4-14(8-17)9-19-16-10-15(11-22(12-16)13-21(25)26)18-6-3-7-20(24)23(18)19/h2,4-5,8,15-16,18-19H,3,6-7,9-13H2,1H3,(H,25,26)/t15-,16+,18+,19+/m1/s1. The molecule has 27 heavy (non-hydrogen) atoms. The van der Waals surface area contributed by atoms with Crippen molar-refractivity contribution < 1.29 is 19.4 Å². The van der Waals surface area contributed by atoms with Gasteiger partial charge in [-0.05, 0) is 55.2 Å². The number of likely N-dealkylation sites (tertiary alicyclic amines) is 1. The van der Waals surface area contributed by atoms with Crippen LogP contribution in [0, 0.1) is 11.8 Å². The molecule has 6 nitrogen and oxygen atoms in total. The molecule has 3 fully saturated rings. The van der Waals surface area contributed by atoms with E-state index in [1.165, 1.54) is 5.56 Å². The largest absolute Gasteiger partial charge is 0.497 e. The fraction of sp³-hybridized carbons (Fsp3) is 0.619. The van der Waals surface area contributed by atoms with Gasteiger partial charge in [-0.25, -0.2) is 0 Å². The van der Waals surface area contributed by atoms with Crippen molar-refractivity contribution in [3.63, 3.8) is 0 Å². The SMILES string of the molecule is COc1cccc(C[C@H]2[C@H]3C[C@H](CN(CC(=O)O)C3)[C@@H]3CCCC(=O)N32)c1. The van der Waals surface area contributed by atoms with Crippen LogP contribution in [0.25, 0.3) is 0 Å². The Hall–Kier alpha value is -2.08. The zero-order chi connectivity index (χ0) is 19.0. The molecule has 3 aliphatic heterocycles. The lowest BCUT2D eigenvalue weighted by atomic mass is 9.71. The summed E-state index contributed by atoms with van der Waals surface area (Å²) in [4.78, 5) is 28.3. The van der Waals surface area contributed by atoms with Crippen molar-refractivity contribution in [1.82, 2.24) is 9.80 Å². The fourth-order valence-corrected chi connectivity index (χ4v) is 5.50. The second-order valence-corrected chi connectivity index (χ2v) is 8.23. The van der Waals surface area contributed by atoms with Crippen LogP contribution in [-0.4, -0.2) is 65.6 Å². The third-order valence-electron chi connectivity index (χ3n) is 6.51. The van der Waals surface area contributed by atoms with E-state index in [1.807, 2.05) is 18.2 Å². The van der Waals surface area contributed by atoms with Crippen LogP contribution in [0.15, 0.2) is 24.3 Å². The quantitative estimate of drug-likeness (QED) is 0.856. The second kappa shape index (κ2) is 7.50. The Balaban J connectivity index is 1.61. The van der Waals surface area contributed by atoms with Gasteiger partial charge in [0, 0.05) is 31.6 Å². The van der Waals surface area contributed by atoms with Gasteiger partial charge < -0.3 is 14.7 Å². The monoisotopic (exact) mass is 372 g/mol. The van der Waals surface area contributed by atoms with E-state index >= 15 is 0 Å². The van der Waals surface area contributed by atoms with Crippen LogP contribution in [0.2, 0.25) is 0 Å². The highest BCUT2D eigenvalue weighted by Gasteiger charge is 2.49. The molecule has 4 rings (SSSR count). The third-order valence-corrected chi connectivity index (χ3v) is 6.51. The van der Waals surface area contributed by atoms with E-state index in [4.69, 9.17) is 4.74 Å². The lowest BCUT2D eigenvalue weighted by Gasteiger charge is -2.56. The summed E-state index contributed by atoms with van der Waals surface area (Å²) in [7, 11) is 1.67. The number of hydrogen-bond donors (Lipinski definition) is 1. The Morgan fingerprint density at radius 2 is 2.11 bits per heavy atom. The number of piperidine rings is 3. The van der Waals surface area contributed by atoms with Crippen LogP contribution in [0.5, 0.6) is 5.75 Å². The zero-order valence-corrected chi connectivity index (χ0v) is 15.8. The average Bonchev–Trinajstić information content (AvgIpc) is 2.65. The Labute approximate surface area is 160 Å². The van der Waals surface area contributed by atoms with E-state index in [2.05, 4.69) is 15.9 Å². The number of fused-ring (bicyclic) bond motifs is 4. The number of amides is 1. The molecule has 1 N–H and O–H groups in total. The van der Waals surface area contributed by atoms with Crippen LogP contribution in [0.1, 0.15) is 31.2 Å². The van der Waals surface area contributed by atoms with E-state index in [9.17, 15) is 14.7 Å². The van der Waals surface area contributed by atoms with E-state index in [-0.39, 0.29) is 24.5 Å². The molecule has 0 aromatic heterocycles. The molecular formula is C21H28N2O4. The van der Waals surface area contributed by atoms with E-state index in [1.54, 1.807) is 7.11 Å². The summed E-state index contributed by atoms with van der Waals surface area (Å²) in [6, 6.07) is 8.47. The van der Waals surface area contributed by atoms with Crippen molar-refractivity contribution in [1.29, 1.82) is 0 Å². The van der Waals surface area contributed by atoms with Crippen LogP contribution in [0.4, 0.5) is 0 Å². The summed E-state index contributed by atoms with van der Waals surface area (Å²) < 4.78 is 5.36. The van der Waals surface area contributed by atoms with E-state index in [0.717, 1.165) is 44.5 Å². The zero-order valence-electron chi connectivity index (χ0n) is 15.8. The number of ether oxygens (including phenoxy) is 1. The number of benzene rings is 1. The molecule has 4 atom stereocenters. The summed E-state index contributed by atoms with van der Waals surface area (Å²) in [5.41, 5.74) is 1.17. The van der Waals surface area contributed by atoms with Crippen molar-refractivity contribution in [3.8, 4) is 5.75 Å². The molecule has 0 radical (unpaired) electrons. The van der Waals surface area contributed by atoms with Gasteiger partial charge in [0.25, 0.3) is 0 Å². The van der Waals surface area contributed by atoms with Gasteiger partial charge in [-0.3, -0.25) is 14.5 Å². The summed E-state index contributed by atoms with van der Waals surface area (Å²) in [6.07, 6.45) is 4.53. The number of hydrogen-bond acceptors (Lipinski definition) is 4. The van der Waals surface area contributed by atoms with Crippen molar-refractivity contribution >= 4 is 11.9 Å². The average molecular weight is 372 g/mol. The summed E-state index contributed by atoms with van der Waals surface area (Å²) in [5, 5.41) is 9.24. The molecule has 1 amide bonds. The molecule has 3 heterocycles. The van der Waals surface area contributed by atoms with Gasteiger partial charge >= 0.3 is 5.97 Å². The van der Waals surface area contributed by atoms with Crippen molar-refractivity contribution in [2.75, 3.05) is 26.7 Å². The first-order valence-electron chi connectivity index (χ1n) is 9.93. The number of aliphatic carboxylic acids is 1. The molecule has 0 unspecified atom stereocenters. The molecule has 2 bridgehead atoms. The second-order valence-electron chi connectivity index (χ2n) is 8.23. The first kappa shape index (κ1) is 18.3. The Morgan fingerprint density at radius 3 is 2.89 bits per heavy atom. The Bertz CT molecular complexity index is 722. The molecule has 146 valence electrons. The molecule has 1 aromatic carbocycles. The highest BCUT2D eigenvalue weighted by Crippen LogP contribution is 2.42. The lowest BCUT2D eigenvalue weighted by Crippen LogP contribution is -2.65. The van der Waals surface area contributed by atoms with Gasteiger partial charge in [0.1, 0.15) is 5.75 Å². The van der Waals surface area contributed by atoms with E-state index < -0.39 is 5.97 Å². The Kier molecular flexibility index (Phi) is 5.08. The normalized spacial score (nSPS) is 30.7. The maximum atomic E-state index is 12.8. The minimum atomic E-state index is -0.768. The van der Waals surface area contributed by atoms with Gasteiger partial charge in [0.2, 0.25) is 5.91 Å². The summed E-state index contributed by atoms with van der Waals surface area (Å²) in [5.74, 6) is 1.07.